The molecule has 1 aromatic carbocycles. The van der Waals surface area contributed by atoms with E-state index in [0.717, 1.165) is 43.4 Å². The molecule has 25 heavy (non-hydrogen) atoms. The number of halogens is 1. The summed E-state index contributed by atoms with van der Waals surface area (Å²) in [7, 11) is -3.30. The van der Waals surface area contributed by atoms with Crippen LogP contribution in [0.25, 0.3) is 0 Å². The lowest BCUT2D eigenvalue weighted by molar-refractivity contribution is -0.123. The first kappa shape index (κ1) is 18.7. The van der Waals surface area contributed by atoms with Crippen molar-refractivity contribution in [2.75, 3.05) is 24.7 Å². The summed E-state index contributed by atoms with van der Waals surface area (Å²) < 4.78 is 25.6. The Bertz CT molecular complexity index is 773. The molecule has 1 saturated carbocycles. The predicted octanol–water partition coefficient (Wildman–Crippen LogP) is 3.43. The van der Waals surface area contributed by atoms with Crippen LogP contribution in [-0.4, -0.2) is 38.0 Å². The number of nitrogens with zero attached hydrogens (tertiary/aromatic N) is 1. The molecule has 1 aliphatic heterocycles. The van der Waals surface area contributed by atoms with Gasteiger partial charge in [-0.25, -0.2) is 12.7 Å². The minimum atomic E-state index is -3.30. The Kier molecular flexibility index (Phi) is 5.15. The highest BCUT2D eigenvalue weighted by atomic mass is 35.5. The molecule has 1 atom stereocenters. The molecule has 7 heteroatoms. The number of aryl methyl sites for hydroxylation is 1. The molecular formula is C18H25ClN2O3S. The second-order valence-corrected chi connectivity index (χ2v) is 9.90. The number of carbonyl (C=O) groups excluding carboxylic acids is 1. The van der Waals surface area contributed by atoms with E-state index < -0.39 is 10.0 Å². The van der Waals surface area contributed by atoms with Gasteiger partial charge >= 0.3 is 0 Å². The zero-order valence-corrected chi connectivity index (χ0v) is 16.3. The summed E-state index contributed by atoms with van der Waals surface area (Å²) in [6.45, 7) is 2.64. The van der Waals surface area contributed by atoms with Crippen LogP contribution in [0.1, 0.15) is 37.7 Å². The average molecular weight is 385 g/mol. The minimum absolute atomic E-state index is 0.0847. The van der Waals surface area contributed by atoms with Gasteiger partial charge in [0.1, 0.15) is 0 Å². The van der Waals surface area contributed by atoms with Gasteiger partial charge in [-0.2, -0.15) is 0 Å². The number of hydrogen-bond acceptors (Lipinski definition) is 3. The number of sulfonamides is 1. The second-order valence-electron chi connectivity index (χ2n) is 7.48. The first-order valence-corrected chi connectivity index (χ1v) is 11.0. The van der Waals surface area contributed by atoms with Crippen molar-refractivity contribution in [2.24, 2.45) is 11.3 Å². The molecule has 1 aromatic rings. The SMILES string of the molecule is Cc1cc(Cl)ccc1NC(=O)C1CN(S(C)(=O)=O)CC12CCCCC2. The Balaban J connectivity index is 1.85. The fourth-order valence-electron chi connectivity index (χ4n) is 4.29. The van der Waals surface area contributed by atoms with E-state index in [1.54, 1.807) is 12.1 Å². The third-order valence-corrected chi connectivity index (χ3v) is 7.15. The monoisotopic (exact) mass is 384 g/mol. The number of carbonyl (C=O) groups is 1. The van der Waals surface area contributed by atoms with Crippen LogP contribution in [0.2, 0.25) is 5.02 Å². The van der Waals surface area contributed by atoms with Crippen LogP contribution in [0.4, 0.5) is 5.69 Å². The molecule has 2 fully saturated rings. The number of amides is 1. The highest BCUT2D eigenvalue weighted by Crippen LogP contribution is 2.48. The lowest BCUT2D eigenvalue weighted by atomic mass is 9.67. The Morgan fingerprint density at radius 1 is 1.28 bits per heavy atom. The molecule has 1 amide bonds. The maximum Gasteiger partial charge on any atom is 0.229 e. The number of anilines is 1. The van der Waals surface area contributed by atoms with Crippen molar-refractivity contribution >= 4 is 33.2 Å². The van der Waals surface area contributed by atoms with Gasteiger partial charge in [-0.05, 0) is 48.9 Å². The van der Waals surface area contributed by atoms with E-state index in [1.165, 1.54) is 10.6 Å². The highest BCUT2D eigenvalue weighted by Gasteiger charge is 2.52. The van der Waals surface area contributed by atoms with Crippen LogP contribution >= 0.6 is 11.6 Å². The quantitative estimate of drug-likeness (QED) is 0.868. The Morgan fingerprint density at radius 3 is 2.56 bits per heavy atom. The van der Waals surface area contributed by atoms with E-state index in [-0.39, 0.29) is 23.8 Å². The molecule has 2 aliphatic rings. The molecule has 3 rings (SSSR count). The topological polar surface area (TPSA) is 66.5 Å². The lowest BCUT2D eigenvalue weighted by Gasteiger charge is -2.37. The standard InChI is InChI=1S/C18H25ClN2O3S/c1-13-10-14(19)6-7-16(13)20-17(22)15-11-21(25(2,23)24)12-18(15)8-4-3-5-9-18/h6-7,10,15H,3-5,8-9,11-12H2,1-2H3,(H,20,22). The summed E-state index contributed by atoms with van der Waals surface area (Å²) in [5, 5.41) is 3.63. The van der Waals surface area contributed by atoms with Crippen LogP contribution < -0.4 is 5.32 Å². The first-order chi connectivity index (χ1) is 11.7. The van der Waals surface area contributed by atoms with Crippen molar-refractivity contribution in [3.63, 3.8) is 0 Å². The molecular weight excluding hydrogens is 360 g/mol. The van der Waals surface area contributed by atoms with Gasteiger partial charge in [0.15, 0.2) is 0 Å². The summed E-state index contributed by atoms with van der Waals surface area (Å²) in [4.78, 5) is 13.0. The molecule has 5 nitrogen and oxygen atoms in total. The Labute approximate surface area is 154 Å². The van der Waals surface area contributed by atoms with Crippen molar-refractivity contribution in [1.82, 2.24) is 4.31 Å². The van der Waals surface area contributed by atoms with Gasteiger partial charge in [0.25, 0.3) is 0 Å². The van der Waals surface area contributed by atoms with Crippen LogP contribution in [0.15, 0.2) is 18.2 Å². The number of hydrogen-bond donors (Lipinski definition) is 1. The largest absolute Gasteiger partial charge is 0.326 e. The van der Waals surface area contributed by atoms with Crippen LogP contribution in [-0.2, 0) is 14.8 Å². The maximum absolute atomic E-state index is 13.0. The van der Waals surface area contributed by atoms with Gasteiger partial charge < -0.3 is 5.32 Å². The molecule has 1 spiro atoms. The van der Waals surface area contributed by atoms with E-state index >= 15 is 0 Å². The fraction of sp³-hybridized carbons (Fsp3) is 0.611. The molecule has 0 aromatic heterocycles. The van der Waals surface area contributed by atoms with Crippen molar-refractivity contribution in [2.45, 2.75) is 39.0 Å². The van der Waals surface area contributed by atoms with Gasteiger partial charge in [0.2, 0.25) is 15.9 Å². The second kappa shape index (κ2) is 6.89. The van der Waals surface area contributed by atoms with Crippen LogP contribution in [0.3, 0.4) is 0 Å². The molecule has 138 valence electrons. The maximum atomic E-state index is 13.0. The number of rotatable bonds is 3. The van der Waals surface area contributed by atoms with Crippen molar-refractivity contribution in [3.05, 3.63) is 28.8 Å². The zero-order chi connectivity index (χ0) is 18.2. The van der Waals surface area contributed by atoms with E-state index in [9.17, 15) is 13.2 Å². The summed E-state index contributed by atoms with van der Waals surface area (Å²) in [5.74, 6) is -0.393. The van der Waals surface area contributed by atoms with Crippen molar-refractivity contribution in [1.29, 1.82) is 0 Å². The van der Waals surface area contributed by atoms with Gasteiger partial charge in [-0.1, -0.05) is 30.9 Å². The summed E-state index contributed by atoms with van der Waals surface area (Å²) in [6.07, 6.45) is 6.33. The molecule has 1 aliphatic carbocycles. The van der Waals surface area contributed by atoms with Gasteiger partial charge in [0.05, 0.1) is 12.2 Å². The summed E-state index contributed by atoms with van der Waals surface area (Å²) in [5.41, 5.74) is 1.40. The Morgan fingerprint density at radius 2 is 1.96 bits per heavy atom. The molecule has 1 N–H and O–H groups in total. The van der Waals surface area contributed by atoms with E-state index in [0.29, 0.717) is 11.6 Å². The van der Waals surface area contributed by atoms with E-state index in [2.05, 4.69) is 5.32 Å². The van der Waals surface area contributed by atoms with Crippen molar-refractivity contribution in [3.8, 4) is 0 Å². The fourth-order valence-corrected chi connectivity index (χ4v) is 5.42. The number of benzene rings is 1. The van der Waals surface area contributed by atoms with Crippen LogP contribution in [0.5, 0.6) is 0 Å². The summed E-state index contributed by atoms with van der Waals surface area (Å²) in [6, 6.07) is 5.36. The average Bonchev–Trinajstić information content (AvgIpc) is 2.90. The van der Waals surface area contributed by atoms with Crippen LogP contribution in [0, 0.1) is 18.3 Å². The van der Waals surface area contributed by atoms with E-state index in [1.807, 2.05) is 13.0 Å². The minimum Gasteiger partial charge on any atom is -0.326 e. The first-order valence-electron chi connectivity index (χ1n) is 8.73. The summed E-state index contributed by atoms with van der Waals surface area (Å²) >= 11 is 5.98. The predicted molar refractivity (Wildman–Crippen MR) is 100 cm³/mol. The third-order valence-electron chi connectivity index (χ3n) is 5.70. The third kappa shape index (κ3) is 3.86. The van der Waals surface area contributed by atoms with Gasteiger partial charge in [-0.3, -0.25) is 4.79 Å². The number of nitrogens with one attached hydrogen (secondary N) is 1. The van der Waals surface area contributed by atoms with Crippen molar-refractivity contribution < 1.29 is 13.2 Å². The normalized spacial score (nSPS) is 23.7. The highest BCUT2D eigenvalue weighted by molar-refractivity contribution is 7.88. The van der Waals surface area contributed by atoms with E-state index in [4.69, 9.17) is 11.6 Å². The van der Waals surface area contributed by atoms with Gasteiger partial charge in [-0.15, -0.1) is 0 Å². The smallest absolute Gasteiger partial charge is 0.229 e. The molecule has 1 unspecified atom stereocenters. The molecule has 1 heterocycles. The molecule has 0 radical (unpaired) electrons. The Hall–Kier alpha value is -1.11. The molecule has 1 saturated heterocycles. The molecule has 0 bridgehead atoms. The zero-order valence-electron chi connectivity index (χ0n) is 14.7. The lowest BCUT2D eigenvalue weighted by Crippen LogP contribution is -2.39. The van der Waals surface area contributed by atoms with Gasteiger partial charge in [0, 0.05) is 23.8 Å².